The van der Waals surface area contributed by atoms with Gasteiger partial charge in [0.05, 0.1) is 13.7 Å². The Morgan fingerprint density at radius 3 is 2.15 bits per heavy atom. The predicted molar refractivity (Wildman–Crippen MR) is 109 cm³/mol. The van der Waals surface area contributed by atoms with Crippen LogP contribution >= 0.6 is 0 Å². The lowest BCUT2D eigenvalue weighted by molar-refractivity contribution is -0.115. The highest BCUT2D eigenvalue weighted by molar-refractivity contribution is 5.92. The van der Waals surface area contributed by atoms with E-state index in [1.807, 2.05) is 60.7 Å². The zero-order valence-electron chi connectivity index (χ0n) is 15.4. The molecule has 0 aliphatic rings. The normalized spacial score (nSPS) is 11.6. The lowest BCUT2D eigenvalue weighted by atomic mass is 9.99. The summed E-state index contributed by atoms with van der Waals surface area (Å²) in [5.74, 6) is 0.687. The molecule has 3 aromatic rings. The summed E-state index contributed by atoms with van der Waals surface area (Å²) >= 11 is 0. The first-order chi connectivity index (χ1) is 13.2. The summed E-state index contributed by atoms with van der Waals surface area (Å²) in [6.45, 7) is 0.235. The van der Waals surface area contributed by atoms with Crippen molar-refractivity contribution in [3.63, 3.8) is 0 Å². The monoisotopic (exact) mass is 360 g/mol. The highest BCUT2D eigenvalue weighted by atomic mass is 16.5. The van der Waals surface area contributed by atoms with E-state index < -0.39 is 0 Å². The van der Waals surface area contributed by atoms with E-state index in [1.54, 1.807) is 7.11 Å². The van der Waals surface area contributed by atoms with Gasteiger partial charge in [0, 0.05) is 11.7 Å². The molecule has 138 valence electrons. The Bertz CT molecular complexity index is 833. The summed E-state index contributed by atoms with van der Waals surface area (Å²) in [7, 11) is 1.62. The van der Waals surface area contributed by atoms with Gasteiger partial charge in [0.2, 0.25) is 5.91 Å². The van der Waals surface area contributed by atoms with E-state index in [4.69, 9.17) is 4.74 Å². The minimum Gasteiger partial charge on any atom is -0.497 e. The van der Waals surface area contributed by atoms with Crippen molar-refractivity contribution in [2.75, 3.05) is 19.0 Å². The molecule has 4 nitrogen and oxygen atoms in total. The maximum Gasteiger partial charge on any atom is 0.238 e. The minimum absolute atomic E-state index is 0.0650. The Hall–Kier alpha value is -3.11. The minimum atomic E-state index is -0.0749. The van der Waals surface area contributed by atoms with Crippen LogP contribution in [0.1, 0.15) is 17.2 Å². The third-order valence-corrected chi connectivity index (χ3v) is 4.37. The first-order valence-electron chi connectivity index (χ1n) is 9.01. The lowest BCUT2D eigenvalue weighted by Gasteiger charge is -2.19. The average molecular weight is 360 g/mol. The van der Waals surface area contributed by atoms with Gasteiger partial charge in [-0.15, -0.1) is 0 Å². The highest BCUT2D eigenvalue weighted by Gasteiger charge is 2.13. The van der Waals surface area contributed by atoms with Gasteiger partial charge in [-0.25, -0.2) is 0 Å². The average Bonchev–Trinajstić information content (AvgIpc) is 2.73. The molecular weight excluding hydrogens is 336 g/mol. The molecule has 0 fully saturated rings. The molecule has 1 atom stereocenters. The number of hydrogen-bond acceptors (Lipinski definition) is 3. The second-order valence-corrected chi connectivity index (χ2v) is 6.31. The summed E-state index contributed by atoms with van der Waals surface area (Å²) in [5.41, 5.74) is 3.15. The zero-order chi connectivity index (χ0) is 18.9. The largest absolute Gasteiger partial charge is 0.497 e. The van der Waals surface area contributed by atoms with Crippen molar-refractivity contribution >= 4 is 11.6 Å². The Balaban J connectivity index is 1.62. The number of nitrogens with one attached hydrogen (secondary N) is 2. The van der Waals surface area contributed by atoms with Gasteiger partial charge >= 0.3 is 0 Å². The first-order valence-corrected chi connectivity index (χ1v) is 9.01. The van der Waals surface area contributed by atoms with Gasteiger partial charge in [0.25, 0.3) is 0 Å². The number of methoxy groups -OCH3 is 1. The molecule has 2 N–H and O–H groups in total. The Morgan fingerprint density at radius 2 is 1.52 bits per heavy atom. The molecule has 0 spiro atoms. The molecule has 3 rings (SSSR count). The van der Waals surface area contributed by atoms with Gasteiger partial charge in [0.1, 0.15) is 5.75 Å². The van der Waals surface area contributed by atoms with Crippen molar-refractivity contribution in [1.29, 1.82) is 0 Å². The fourth-order valence-electron chi connectivity index (χ4n) is 2.94. The summed E-state index contributed by atoms with van der Waals surface area (Å²) in [4.78, 5) is 12.4. The van der Waals surface area contributed by atoms with Crippen LogP contribution in [0.25, 0.3) is 0 Å². The van der Waals surface area contributed by atoms with Crippen LogP contribution in [0, 0.1) is 0 Å². The van der Waals surface area contributed by atoms with Crippen LogP contribution in [0.3, 0.4) is 0 Å². The molecule has 0 heterocycles. The van der Waals surface area contributed by atoms with Crippen molar-refractivity contribution in [2.24, 2.45) is 0 Å². The van der Waals surface area contributed by atoms with Crippen LogP contribution < -0.4 is 15.4 Å². The molecule has 0 saturated heterocycles. The van der Waals surface area contributed by atoms with Gasteiger partial charge in [0.15, 0.2) is 0 Å². The number of rotatable bonds is 8. The second kappa shape index (κ2) is 9.55. The predicted octanol–water partition coefficient (Wildman–Crippen LogP) is 4.21. The van der Waals surface area contributed by atoms with E-state index >= 15 is 0 Å². The molecule has 0 radical (unpaired) electrons. The topological polar surface area (TPSA) is 50.4 Å². The lowest BCUT2D eigenvalue weighted by Crippen LogP contribution is -2.32. The maximum absolute atomic E-state index is 12.4. The number of ether oxygens (including phenoxy) is 1. The quantitative estimate of drug-likeness (QED) is 0.633. The molecule has 0 bridgehead atoms. The SMILES string of the molecule is COc1ccc(NC(=O)CNC(Cc2ccccc2)c2ccccc2)cc1. The van der Waals surface area contributed by atoms with Gasteiger partial charge in [-0.2, -0.15) is 0 Å². The van der Waals surface area contributed by atoms with Crippen LogP contribution in [0.15, 0.2) is 84.9 Å². The summed E-state index contributed by atoms with van der Waals surface area (Å²) in [6, 6.07) is 27.9. The van der Waals surface area contributed by atoms with Gasteiger partial charge in [-0.1, -0.05) is 60.7 Å². The Labute approximate surface area is 160 Å². The second-order valence-electron chi connectivity index (χ2n) is 6.31. The van der Waals surface area contributed by atoms with E-state index in [9.17, 15) is 4.79 Å². The van der Waals surface area contributed by atoms with Gasteiger partial charge in [-0.3, -0.25) is 4.79 Å². The highest BCUT2D eigenvalue weighted by Crippen LogP contribution is 2.18. The number of carbonyl (C=O) groups excluding carboxylic acids is 1. The molecule has 0 aliphatic carbocycles. The van der Waals surface area contributed by atoms with E-state index in [1.165, 1.54) is 11.1 Å². The smallest absolute Gasteiger partial charge is 0.238 e. The molecule has 4 heteroatoms. The summed E-state index contributed by atoms with van der Waals surface area (Å²) < 4.78 is 5.13. The number of anilines is 1. The van der Waals surface area contributed by atoms with Crippen molar-refractivity contribution in [2.45, 2.75) is 12.5 Å². The standard InChI is InChI=1S/C23H24N2O2/c1-27-21-14-12-20(13-15-21)25-23(26)17-24-22(19-10-6-3-7-11-19)16-18-8-4-2-5-9-18/h2-15,22,24H,16-17H2,1H3,(H,25,26). The maximum atomic E-state index is 12.4. The molecule has 1 amide bonds. The number of benzene rings is 3. The Morgan fingerprint density at radius 1 is 0.889 bits per heavy atom. The van der Waals surface area contributed by atoms with Gasteiger partial charge < -0.3 is 15.4 Å². The fourth-order valence-corrected chi connectivity index (χ4v) is 2.94. The molecule has 0 saturated carbocycles. The van der Waals surface area contributed by atoms with Crippen LogP contribution in [0.2, 0.25) is 0 Å². The van der Waals surface area contributed by atoms with Crippen molar-refractivity contribution in [1.82, 2.24) is 5.32 Å². The van der Waals surface area contributed by atoms with Crippen molar-refractivity contribution < 1.29 is 9.53 Å². The fraction of sp³-hybridized carbons (Fsp3) is 0.174. The zero-order valence-corrected chi connectivity index (χ0v) is 15.4. The van der Waals surface area contributed by atoms with Crippen LogP contribution in [0.4, 0.5) is 5.69 Å². The number of carbonyl (C=O) groups is 1. The van der Waals surface area contributed by atoms with E-state index in [0.717, 1.165) is 17.9 Å². The van der Waals surface area contributed by atoms with Crippen LogP contribution in [0.5, 0.6) is 5.75 Å². The number of hydrogen-bond donors (Lipinski definition) is 2. The van der Waals surface area contributed by atoms with E-state index in [2.05, 4.69) is 34.9 Å². The van der Waals surface area contributed by atoms with Crippen LogP contribution in [-0.4, -0.2) is 19.6 Å². The summed E-state index contributed by atoms with van der Waals surface area (Å²) in [5, 5.41) is 6.30. The van der Waals surface area contributed by atoms with E-state index in [-0.39, 0.29) is 18.5 Å². The molecular formula is C23H24N2O2. The van der Waals surface area contributed by atoms with Crippen molar-refractivity contribution in [3.05, 3.63) is 96.1 Å². The molecule has 27 heavy (non-hydrogen) atoms. The number of amides is 1. The molecule has 0 aliphatic heterocycles. The van der Waals surface area contributed by atoms with Crippen molar-refractivity contribution in [3.8, 4) is 5.75 Å². The molecule has 0 aromatic heterocycles. The van der Waals surface area contributed by atoms with E-state index in [0.29, 0.717) is 0 Å². The summed E-state index contributed by atoms with van der Waals surface area (Å²) in [6.07, 6.45) is 0.820. The van der Waals surface area contributed by atoms with Crippen LogP contribution in [-0.2, 0) is 11.2 Å². The van der Waals surface area contributed by atoms with Gasteiger partial charge in [-0.05, 0) is 41.8 Å². The molecule has 3 aromatic carbocycles. The first kappa shape index (κ1) is 18.7. The Kier molecular flexibility index (Phi) is 6.61. The third-order valence-electron chi connectivity index (χ3n) is 4.37. The third kappa shape index (κ3) is 5.69. The molecule has 1 unspecified atom stereocenters.